The van der Waals surface area contributed by atoms with Crippen molar-refractivity contribution >= 4 is 35.0 Å². The lowest BCUT2D eigenvalue weighted by Gasteiger charge is -2.11. The molecule has 0 aromatic carbocycles. The smallest absolute Gasteiger partial charge is 0.0276 e. The monoisotopic (exact) mass is 266 g/mol. The predicted octanol–water partition coefficient (Wildman–Crippen LogP) is 6.26. The van der Waals surface area contributed by atoms with Crippen LogP contribution in [0.5, 0.6) is 0 Å². The molecule has 0 saturated heterocycles. The van der Waals surface area contributed by atoms with E-state index in [1.807, 2.05) is 0 Å². The molecule has 0 aromatic heterocycles. The van der Waals surface area contributed by atoms with Crippen LogP contribution in [0.2, 0.25) is 0 Å². The number of allylic oxidation sites excluding steroid dienone is 4. The molecule has 0 N–H and O–H groups in total. The van der Waals surface area contributed by atoms with E-state index < -0.39 is 0 Å². The van der Waals surface area contributed by atoms with Gasteiger partial charge in [-0.15, -0.1) is 0 Å². The number of hydrogen-bond acceptors (Lipinski definition) is 1. The van der Waals surface area contributed by atoms with Gasteiger partial charge in [0.1, 0.15) is 0 Å². The molecule has 0 aliphatic heterocycles. The van der Waals surface area contributed by atoms with Gasteiger partial charge < -0.3 is 0 Å². The first kappa shape index (κ1) is 15.4. The van der Waals surface area contributed by atoms with Crippen molar-refractivity contribution in [3.05, 3.63) is 19.9 Å². The van der Waals surface area contributed by atoms with E-state index in [1.54, 1.807) is 11.8 Å². The average Bonchev–Trinajstić information content (AvgIpc) is 2.28. The van der Waals surface area contributed by atoms with Crippen LogP contribution in [0.15, 0.2) is 19.9 Å². The highest BCUT2D eigenvalue weighted by molar-refractivity contribution is 8.06. The molecule has 0 bridgehead atoms. The molecule has 0 saturated carbocycles. The fourth-order valence-electron chi connectivity index (χ4n) is 1.18. The van der Waals surface area contributed by atoms with Crippen molar-refractivity contribution in [2.24, 2.45) is 0 Å². The zero-order chi connectivity index (χ0) is 11.8. The number of thioether (sulfide) groups is 1. The number of hydrogen-bond donors (Lipinski definition) is 0. The Balaban J connectivity index is 4.82. The van der Waals surface area contributed by atoms with Crippen molar-refractivity contribution in [2.75, 3.05) is 0 Å². The molecule has 0 amide bonds. The van der Waals surface area contributed by atoms with Crippen molar-refractivity contribution in [1.29, 1.82) is 0 Å². The summed E-state index contributed by atoms with van der Waals surface area (Å²) in [7, 11) is 0. The van der Waals surface area contributed by atoms with Gasteiger partial charge in [-0.2, -0.15) is 0 Å². The van der Waals surface area contributed by atoms with E-state index in [0.717, 1.165) is 35.7 Å². The Morgan fingerprint density at radius 3 is 1.27 bits per heavy atom. The van der Waals surface area contributed by atoms with E-state index in [-0.39, 0.29) is 0 Å². The van der Waals surface area contributed by atoms with Crippen LogP contribution in [0.3, 0.4) is 0 Å². The quantitative estimate of drug-likeness (QED) is 0.547. The maximum absolute atomic E-state index is 6.17. The van der Waals surface area contributed by atoms with E-state index >= 15 is 0 Å². The molecule has 0 aliphatic carbocycles. The average molecular weight is 267 g/mol. The lowest BCUT2D eigenvalue weighted by atomic mass is 10.3. The van der Waals surface area contributed by atoms with E-state index in [4.69, 9.17) is 23.2 Å². The summed E-state index contributed by atoms with van der Waals surface area (Å²) in [6.45, 7) is 8.42. The van der Waals surface area contributed by atoms with Crippen LogP contribution in [0.4, 0.5) is 0 Å². The molecule has 0 rings (SSSR count). The molecule has 0 heterocycles. The molecule has 0 fully saturated rings. The first-order valence-electron chi connectivity index (χ1n) is 5.53. The molecule has 0 radical (unpaired) electrons. The number of halogens is 2. The van der Waals surface area contributed by atoms with Gasteiger partial charge in [0.2, 0.25) is 0 Å². The van der Waals surface area contributed by atoms with E-state index in [9.17, 15) is 0 Å². The Bertz CT molecular complexity index is 228. The molecule has 0 nitrogen and oxygen atoms in total. The van der Waals surface area contributed by atoms with Gasteiger partial charge in [-0.05, 0) is 25.7 Å². The van der Waals surface area contributed by atoms with Crippen LogP contribution in [0, 0.1) is 0 Å². The van der Waals surface area contributed by atoms with Crippen LogP contribution in [0.1, 0.15) is 53.4 Å². The van der Waals surface area contributed by atoms with Gasteiger partial charge in [0.15, 0.2) is 0 Å². The van der Waals surface area contributed by atoms with Crippen LogP contribution in [-0.4, -0.2) is 0 Å². The van der Waals surface area contributed by atoms with E-state index in [1.165, 1.54) is 9.81 Å². The fourth-order valence-corrected chi connectivity index (χ4v) is 2.78. The van der Waals surface area contributed by atoms with Crippen LogP contribution in [0.25, 0.3) is 0 Å². The second-order valence-electron chi connectivity index (χ2n) is 3.17. The second kappa shape index (κ2) is 8.55. The van der Waals surface area contributed by atoms with Gasteiger partial charge in [0, 0.05) is 19.9 Å². The molecule has 3 heteroatoms. The highest BCUT2D eigenvalue weighted by Crippen LogP contribution is 2.37. The molecule has 0 spiro atoms. The summed E-state index contributed by atoms with van der Waals surface area (Å²) in [4.78, 5) is 2.50. The summed E-state index contributed by atoms with van der Waals surface area (Å²) >= 11 is 14.1. The second-order valence-corrected chi connectivity index (χ2v) is 5.27. The first-order valence-corrected chi connectivity index (χ1v) is 7.10. The standard InChI is InChI=1S/C12H20Cl2S/c1-5-9(13)11(7-3)15-12(8-4)10(14)6-2/h5-8H2,1-4H3/b11-9-,12-10-. The Morgan fingerprint density at radius 1 is 0.733 bits per heavy atom. The minimum Gasteiger partial charge on any atom is -0.0966 e. The van der Waals surface area contributed by atoms with E-state index in [2.05, 4.69) is 27.7 Å². The van der Waals surface area contributed by atoms with Gasteiger partial charge in [0.25, 0.3) is 0 Å². The minimum atomic E-state index is 0.901. The molecule has 0 atom stereocenters. The molecule has 15 heavy (non-hydrogen) atoms. The predicted molar refractivity (Wildman–Crippen MR) is 74.5 cm³/mol. The maximum Gasteiger partial charge on any atom is 0.0276 e. The Hall–Kier alpha value is 0.410. The Morgan fingerprint density at radius 2 is 1.07 bits per heavy atom. The van der Waals surface area contributed by atoms with Crippen molar-refractivity contribution in [3.63, 3.8) is 0 Å². The van der Waals surface area contributed by atoms with Crippen molar-refractivity contribution in [2.45, 2.75) is 53.4 Å². The first-order chi connectivity index (χ1) is 7.10. The largest absolute Gasteiger partial charge is 0.0966 e. The van der Waals surface area contributed by atoms with Gasteiger partial charge in [0.05, 0.1) is 0 Å². The molecule has 0 aliphatic rings. The third kappa shape index (κ3) is 5.33. The molecule has 0 unspecified atom stereocenters. The summed E-state index contributed by atoms with van der Waals surface area (Å²) in [5, 5.41) is 1.93. The lowest BCUT2D eigenvalue weighted by molar-refractivity contribution is 1.10. The molecular weight excluding hydrogens is 247 g/mol. The minimum absolute atomic E-state index is 0.901. The van der Waals surface area contributed by atoms with Crippen molar-refractivity contribution < 1.29 is 0 Å². The third-order valence-electron chi connectivity index (χ3n) is 2.11. The highest BCUT2D eigenvalue weighted by atomic mass is 35.5. The molecule has 0 aromatic rings. The molecule has 88 valence electrons. The summed E-state index contributed by atoms with van der Waals surface area (Å²) in [6, 6.07) is 0. The van der Waals surface area contributed by atoms with Gasteiger partial charge in [-0.3, -0.25) is 0 Å². The zero-order valence-corrected chi connectivity index (χ0v) is 12.3. The van der Waals surface area contributed by atoms with Gasteiger partial charge >= 0.3 is 0 Å². The van der Waals surface area contributed by atoms with Crippen LogP contribution < -0.4 is 0 Å². The summed E-state index contributed by atoms with van der Waals surface area (Å²) < 4.78 is 0. The van der Waals surface area contributed by atoms with Gasteiger partial charge in [-0.25, -0.2) is 0 Å². The van der Waals surface area contributed by atoms with Crippen LogP contribution in [-0.2, 0) is 0 Å². The highest BCUT2D eigenvalue weighted by Gasteiger charge is 2.08. The Labute approximate surface area is 108 Å². The summed E-state index contributed by atoms with van der Waals surface area (Å²) in [5.74, 6) is 0. The Kier molecular flexibility index (Phi) is 8.78. The summed E-state index contributed by atoms with van der Waals surface area (Å²) in [6.07, 6.45) is 3.76. The number of rotatable bonds is 6. The zero-order valence-electron chi connectivity index (χ0n) is 9.99. The third-order valence-corrected chi connectivity index (χ3v) is 4.89. The maximum atomic E-state index is 6.17. The SMILES string of the molecule is CC/C(Cl)=C(\CC)S/C(CC)=C(\Cl)CC. The lowest BCUT2D eigenvalue weighted by Crippen LogP contribution is -1.85. The normalized spacial score (nSPS) is 14.8. The van der Waals surface area contributed by atoms with Gasteiger partial charge in [-0.1, -0.05) is 62.7 Å². The van der Waals surface area contributed by atoms with Crippen molar-refractivity contribution in [3.8, 4) is 0 Å². The van der Waals surface area contributed by atoms with Crippen molar-refractivity contribution in [1.82, 2.24) is 0 Å². The summed E-state index contributed by atoms with van der Waals surface area (Å²) in [5.41, 5.74) is 0. The topological polar surface area (TPSA) is 0 Å². The van der Waals surface area contributed by atoms with Crippen LogP contribution >= 0.6 is 35.0 Å². The van der Waals surface area contributed by atoms with E-state index in [0.29, 0.717) is 0 Å². The molecular formula is C12H20Cl2S. The fraction of sp³-hybridized carbons (Fsp3) is 0.667.